The number of hydrogen-bond donors (Lipinski definition) is 2. The van der Waals surface area contributed by atoms with Gasteiger partial charge in [0, 0.05) is 55.9 Å². The SMILES string of the molecule is CC(C)(C)OC(=O)N1CCC(C(=O)NC2CCN(c3cccc(-c4ncc(C5CC5)[nH]4)n3)C2)CC1. The summed E-state index contributed by atoms with van der Waals surface area (Å²) in [4.78, 5) is 41.9. The number of aromatic amines is 1. The summed E-state index contributed by atoms with van der Waals surface area (Å²) in [5.74, 6) is 2.38. The highest BCUT2D eigenvalue weighted by Crippen LogP contribution is 2.39. The quantitative estimate of drug-likeness (QED) is 0.677. The maximum Gasteiger partial charge on any atom is 0.410 e. The lowest BCUT2D eigenvalue weighted by Crippen LogP contribution is -2.47. The molecule has 0 aromatic carbocycles. The van der Waals surface area contributed by atoms with Crippen molar-refractivity contribution in [2.75, 3.05) is 31.1 Å². The number of rotatable bonds is 5. The lowest BCUT2D eigenvalue weighted by Gasteiger charge is -2.33. The van der Waals surface area contributed by atoms with Gasteiger partial charge in [0.1, 0.15) is 17.1 Å². The maximum atomic E-state index is 12.9. The average Bonchev–Trinajstić information content (AvgIpc) is 3.37. The Balaban J connectivity index is 1.11. The van der Waals surface area contributed by atoms with E-state index in [0.29, 0.717) is 31.8 Å². The van der Waals surface area contributed by atoms with E-state index in [0.717, 1.165) is 36.8 Å². The van der Waals surface area contributed by atoms with Crippen molar-refractivity contribution in [1.29, 1.82) is 0 Å². The molecule has 2 N–H and O–H groups in total. The number of imidazole rings is 1. The molecule has 2 aliphatic heterocycles. The number of H-pyrrole nitrogens is 1. The van der Waals surface area contributed by atoms with Crippen molar-refractivity contribution in [3.63, 3.8) is 0 Å². The average molecular weight is 481 g/mol. The van der Waals surface area contributed by atoms with E-state index < -0.39 is 5.60 Å². The van der Waals surface area contributed by atoms with Gasteiger partial charge < -0.3 is 24.8 Å². The Hall–Kier alpha value is -3.10. The van der Waals surface area contributed by atoms with Crippen molar-refractivity contribution in [1.82, 2.24) is 25.2 Å². The number of piperidine rings is 1. The molecule has 35 heavy (non-hydrogen) atoms. The molecule has 4 heterocycles. The Bertz CT molecular complexity index is 1070. The van der Waals surface area contributed by atoms with Crippen LogP contribution in [0.5, 0.6) is 0 Å². The van der Waals surface area contributed by atoms with Crippen LogP contribution >= 0.6 is 0 Å². The summed E-state index contributed by atoms with van der Waals surface area (Å²) in [6, 6.07) is 6.12. The van der Waals surface area contributed by atoms with Gasteiger partial charge in [-0.25, -0.2) is 14.8 Å². The van der Waals surface area contributed by atoms with Crippen LogP contribution in [-0.4, -0.2) is 69.7 Å². The molecular formula is C26H36N6O3. The molecule has 1 saturated carbocycles. The van der Waals surface area contributed by atoms with Crippen molar-refractivity contribution in [3.05, 3.63) is 30.1 Å². The van der Waals surface area contributed by atoms with Gasteiger partial charge >= 0.3 is 6.09 Å². The van der Waals surface area contributed by atoms with Crippen LogP contribution in [0.25, 0.3) is 11.5 Å². The summed E-state index contributed by atoms with van der Waals surface area (Å²) < 4.78 is 5.45. The van der Waals surface area contributed by atoms with Gasteiger partial charge in [0.25, 0.3) is 0 Å². The summed E-state index contributed by atoms with van der Waals surface area (Å²) in [5, 5.41) is 3.24. The molecule has 2 aromatic heterocycles. The Morgan fingerprint density at radius 2 is 1.86 bits per heavy atom. The largest absolute Gasteiger partial charge is 0.444 e. The third-order valence-electron chi connectivity index (χ3n) is 6.97. The summed E-state index contributed by atoms with van der Waals surface area (Å²) in [5.41, 5.74) is 1.54. The van der Waals surface area contributed by atoms with Gasteiger partial charge in [-0.2, -0.15) is 0 Å². The van der Waals surface area contributed by atoms with Crippen LogP contribution in [0.3, 0.4) is 0 Å². The van der Waals surface area contributed by atoms with Crippen LogP contribution in [0.1, 0.15) is 64.5 Å². The predicted molar refractivity (Wildman–Crippen MR) is 133 cm³/mol. The molecule has 5 rings (SSSR count). The van der Waals surface area contributed by atoms with Crippen molar-refractivity contribution >= 4 is 17.8 Å². The van der Waals surface area contributed by atoms with E-state index in [1.165, 1.54) is 18.5 Å². The van der Waals surface area contributed by atoms with Gasteiger partial charge in [-0.05, 0) is 65.0 Å². The number of carbonyl (C=O) groups excluding carboxylic acids is 2. The molecule has 1 atom stereocenters. The van der Waals surface area contributed by atoms with E-state index in [4.69, 9.17) is 9.72 Å². The molecule has 2 aromatic rings. The zero-order valence-electron chi connectivity index (χ0n) is 20.9. The monoisotopic (exact) mass is 480 g/mol. The highest BCUT2D eigenvalue weighted by atomic mass is 16.6. The normalized spacial score (nSPS) is 21.3. The second-order valence-electron chi connectivity index (χ2n) is 11.0. The summed E-state index contributed by atoms with van der Waals surface area (Å²) in [6.07, 6.45) is 6.32. The number of ether oxygens (including phenoxy) is 1. The molecule has 0 bridgehead atoms. The van der Waals surface area contributed by atoms with Crippen LogP contribution in [0.2, 0.25) is 0 Å². The molecule has 1 unspecified atom stereocenters. The Morgan fingerprint density at radius 1 is 1.09 bits per heavy atom. The number of aromatic nitrogens is 3. The maximum absolute atomic E-state index is 12.9. The van der Waals surface area contributed by atoms with Crippen molar-refractivity contribution in [2.45, 2.75) is 70.4 Å². The van der Waals surface area contributed by atoms with Gasteiger partial charge in [0.05, 0.1) is 0 Å². The number of nitrogens with one attached hydrogen (secondary N) is 2. The topological polar surface area (TPSA) is 103 Å². The fraction of sp³-hybridized carbons (Fsp3) is 0.615. The lowest BCUT2D eigenvalue weighted by atomic mass is 9.95. The van der Waals surface area contributed by atoms with Gasteiger partial charge in [0.2, 0.25) is 5.91 Å². The molecule has 9 heteroatoms. The number of hydrogen-bond acceptors (Lipinski definition) is 6. The first kappa shape index (κ1) is 23.6. The van der Waals surface area contributed by atoms with Crippen molar-refractivity contribution in [3.8, 4) is 11.5 Å². The first-order valence-corrected chi connectivity index (χ1v) is 12.8. The zero-order valence-corrected chi connectivity index (χ0v) is 20.9. The van der Waals surface area contributed by atoms with E-state index in [2.05, 4.69) is 20.2 Å². The van der Waals surface area contributed by atoms with E-state index in [9.17, 15) is 9.59 Å². The number of anilines is 1. The summed E-state index contributed by atoms with van der Waals surface area (Å²) >= 11 is 0. The highest BCUT2D eigenvalue weighted by molar-refractivity contribution is 5.79. The van der Waals surface area contributed by atoms with Gasteiger partial charge in [0.15, 0.2) is 5.82 Å². The molecule has 3 aliphatic rings. The summed E-state index contributed by atoms with van der Waals surface area (Å²) in [7, 11) is 0. The molecule has 9 nitrogen and oxygen atoms in total. The number of pyridine rings is 1. The minimum absolute atomic E-state index is 0.0659. The first-order chi connectivity index (χ1) is 16.7. The van der Waals surface area contributed by atoms with Crippen LogP contribution in [0.4, 0.5) is 10.6 Å². The Morgan fingerprint density at radius 3 is 2.57 bits per heavy atom. The van der Waals surface area contributed by atoms with E-state index in [1.807, 2.05) is 45.2 Å². The second-order valence-corrected chi connectivity index (χ2v) is 11.0. The molecule has 3 fully saturated rings. The van der Waals surface area contributed by atoms with Crippen LogP contribution < -0.4 is 10.2 Å². The molecule has 1 aliphatic carbocycles. The molecule has 188 valence electrons. The van der Waals surface area contributed by atoms with Gasteiger partial charge in [-0.1, -0.05) is 6.07 Å². The molecule has 2 saturated heterocycles. The van der Waals surface area contributed by atoms with Crippen molar-refractivity contribution < 1.29 is 14.3 Å². The number of nitrogens with zero attached hydrogens (tertiary/aromatic N) is 4. The zero-order chi connectivity index (χ0) is 24.6. The number of amides is 2. The Labute approximate surface area is 206 Å². The van der Waals surface area contributed by atoms with Crippen LogP contribution in [-0.2, 0) is 9.53 Å². The minimum Gasteiger partial charge on any atom is -0.444 e. The van der Waals surface area contributed by atoms with E-state index in [1.54, 1.807) is 4.90 Å². The lowest BCUT2D eigenvalue weighted by molar-refractivity contribution is -0.127. The smallest absolute Gasteiger partial charge is 0.410 e. The van der Waals surface area contributed by atoms with Crippen LogP contribution in [0.15, 0.2) is 24.4 Å². The van der Waals surface area contributed by atoms with E-state index in [-0.39, 0.29) is 24.0 Å². The molecular weight excluding hydrogens is 444 g/mol. The van der Waals surface area contributed by atoms with Gasteiger partial charge in [-0.15, -0.1) is 0 Å². The summed E-state index contributed by atoms with van der Waals surface area (Å²) in [6.45, 7) is 8.29. The molecule has 0 spiro atoms. The Kier molecular flexibility index (Phi) is 6.42. The third-order valence-corrected chi connectivity index (χ3v) is 6.97. The number of carbonyl (C=O) groups is 2. The molecule has 2 amide bonds. The molecule has 0 radical (unpaired) electrons. The predicted octanol–water partition coefficient (Wildman–Crippen LogP) is 3.69. The minimum atomic E-state index is -0.508. The van der Waals surface area contributed by atoms with Crippen LogP contribution in [0, 0.1) is 5.92 Å². The standard InChI is InChI=1S/C26H36N6O3/c1-26(2,3)35-25(34)31-12-9-18(10-13-31)24(33)28-19-11-14-32(16-19)22-6-4-5-20(29-22)23-27-15-21(30-23)17-7-8-17/h4-6,15,17-19H,7-14,16H2,1-3H3,(H,27,30)(H,28,33). The fourth-order valence-electron chi connectivity index (χ4n) is 4.85. The number of likely N-dealkylation sites (tertiary alicyclic amines) is 1. The van der Waals surface area contributed by atoms with E-state index >= 15 is 0 Å². The second kappa shape index (κ2) is 9.51. The fourth-order valence-corrected chi connectivity index (χ4v) is 4.85. The highest BCUT2D eigenvalue weighted by Gasteiger charge is 2.32. The van der Waals surface area contributed by atoms with Gasteiger partial charge in [-0.3, -0.25) is 4.79 Å². The third kappa shape index (κ3) is 5.77. The van der Waals surface area contributed by atoms with Crippen molar-refractivity contribution in [2.24, 2.45) is 5.92 Å². The first-order valence-electron chi connectivity index (χ1n) is 12.8.